The van der Waals surface area contributed by atoms with Crippen LogP contribution in [0.4, 0.5) is 0 Å². The third-order valence-corrected chi connectivity index (χ3v) is 4.95. The molecule has 1 saturated heterocycles. The van der Waals surface area contributed by atoms with Crippen LogP contribution in [0.25, 0.3) is 0 Å². The van der Waals surface area contributed by atoms with Gasteiger partial charge in [-0.05, 0) is 30.9 Å². The van der Waals surface area contributed by atoms with Gasteiger partial charge in [-0.25, -0.2) is 0 Å². The molecule has 1 heterocycles. The number of benzene rings is 1. The van der Waals surface area contributed by atoms with E-state index in [0.29, 0.717) is 17.7 Å². The number of rotatable bonds is 3. The van der Waals surface area contributed by atoms with E-state index >= 15 is 0 Å². The topological polar surface area (TPSA) is 35.5 Å². The average Bonchev–Trinajstić information content (AvgIpc) is 2.35. The molecule has 2 aliphatic rings. The van der Waals surface area contributed by atoms with Gasteiger partial charge < -0.3 is 10.4 Å². The van der Waals surface area contributed by atoms with E-state index in [1.165, 1.54) is 19.3 Å². The fourth-order valence-electron chi connectivity index (χ4n) is 3.23. The summed E-state index contributed by atoms with van der Waals surface area (Å²) in [6.07, 6.45) is 3.93. The van der Waals surface area contributed by atoms with Crippen LogP contribution in [0.15, 0.2) is 22.7 Å². The number of phenols is 1. The number of piperazine rings is 1. The smallest absolute Gasteiger partial charge is 0.121 e. The molecule has 19 heavy (non-hydrogen) atoms. The van der Waals surface area contributed by atoms with Gasteiger partial charge >= 0.3 is 0 Å². The van der Waals surface area contributed by atoms with E-state index < -0.39 is 0 Å². The molecule has 104 valence electrons. The molecule has 0 spiro atoms. The third-order valence-electron chi connectivity index (χ3n) is 4.45. The minimum atomic E-state index is 0.393. The fourth-order valence-corrected chi connectivity index (χ4v) is 3.58. The van der Waals surface area contributed by atoms with Crippen LogP contribution in [0.5, 0.6) is 5.75 Å². The zero-order chi connectivity index (χ0) is 13.2. The van der Waals surface area contributed by atoms with Crippen LogP contribution < -0.4 is 5.32 Å². The summed E-state index contributed by atoms with van der Waals surface area (Å²) in [5, 5.41) is 13.7. The summed E-state index contributed by atoms with van der Waals surface area (Å²) in [5.41, 5.74) is 1.11. The van der Waals surface area contributed by atoms with E-state index in [1.54, 1.807) is 0 Å². The summed E-state index contributed by atoms with van der Waals surface area (Å²) in [5.74, 6) is 1.15. The Labute approximate surface area is 123 Å². The second-order valence-corrected chi connectivity index (χ2v) is 6.54. The van der Waals surface area contributed by atoms with Gasteiger partial charge in [0.05, 0.1) is 0 Å². The van der Waals surface area contributed by atoms with E-state index in [9.17, 15) is 5.11 Å². The van der Waals surface area contributed by atoms with Crippen molar-refractivity contribution >= 4 is 15.9 Å². The Bertz CT molecular complexity index is 442. The van der Waals surface area contributed by atoms with Gasteiger partial charge in [0, 0.05) is 42.3 Å². The molecule has 1 aliphatic heterocycles. The quantitative estimate of drug-likeness (QED) is 0.897. The Morgan fingerprint density at radius 3 is 2.58 bits per heavy atom. The summed E-state index contributed by atoms with van der Waals surface area (Å²) in [6.45, 7) is 4.27. The Morgan fingerprint density at radius 1 is 1.26 bits per heavy atom. The first kappa shape index (κ1) is 13.4. The lowest BCUT2D eigenvalue weighted by atomic mass is 9.76. The second-order valence-electron chi connectivity index (χ2n) is 5.62. The van der Waals surface area contributed by atoms with Crippen molar-refractivity contribution in [2.45, 2.75) is 25.3 Å². The van der Waals surface area contributed by atoms with Crippen LogP contribution >= 0.6 is 15.9 Å². The van der Waals surface area contributed by atoms with Crippen molar-refractivity contribution in [3.8, 4) is 5.75 Å². The van der Waals surface area contributed by atoms with Gasteiger partial charge in [-0.2, -0.15) is 0 Å². The average molecular weight is 325 g/mol. The Balaban J connectivity index is 1.88. The summed E-state index contributed by atoms with van der Waals surface area (Å²) < 4.78 is 0.946. The van der Waals surface area contributed by atoms with Crippen LogP contribution in [0.3, 0.4) is 0 Å². The molecule has 3 rings (SSSR count). The van der Waals surface area contributed by atoms with Crippen molar-refractivity contribution < 1.29 is 5.11 Å². The summed E-state index contributed by atoms with van der Waals surface area (Å²) in [4.78, 5) is 2.54. The van der Waals surface area contributed by atoms with Gasteiger partial charge in [-0.15, -0.1) is 0 Å². The lowest BCUT2D eigenvalue weighted by Gasteiger charge is -2.43. The highest BCUT2D eigenvalue weighted by atomic mass is 79.9. The maximum absolute atomic E-state index is 10.3. The molecule has 0 radical (unpaired) electrons. The van der Waals surface area contributed by atoms with E-state index in [0.717, 1.165) is 36.2 Å². The zero-order valence-corrected chi connectivity index (χ0v) is 12.7. The Kier molecular flexibility index (Phi) is 4.10. The number of hydrogen-bond donors (Lipinski definition) is 2. The van der Waals surface area contributed by atoms with E-state index in [-0.39, 0.29) is 0 Å². The highest BCUT2D eigenvalue weighted by Gasteiger charge is 2.34. The molecule has 1 aliphatic carbocycles. The Hall–Kier alpha value is -0.580. The minimum absolute atomic E-state index is 0.393. The molecule has 0 aromatic heterocycles. The van der Waals surface area contributed by atoms with Crippen LogP contribution in [0.1, 0.15) is 30.9 Å². The molecule has 0 amide bonds. The lowest BCUT2D eigenvalue weighted by Crippen LogP contribution is -2.47. The minimum Gasteiger partial charge on any atom is -0.508 e. The van der Waals surface area contributed by atoms with Gasteiger partial charge in [-0.3, -0.25) is 4.90 Å². The van der Waals surface area contributed by atoms with Gasteiger partial charge in [0.25, 0.3) is 0 Å². The summed E-state index contributed by atoms with van der Waals surface area (Å²) in [6, 6.07) is 6.35. The molecule has 2 fully saturated rings. The van der Waals surface area contributed by atoms with Gasteiger partial charge in [-0.1, -0.05) is 28.4 Å². The molecule has 1 saturated carbocycles. The first-order valence-electron chi connectivity index (χ1n) is 7.19. The van der Waals surface area contributed by atoms with Crippen LogP contribution in [-0.4, -0.2) is 36.2 Å². The molecule has 1 aromatic rings. The number of nitrogens with zero attached hydrogens (tertiary/aromatic N) is 1. The molecule has 1 aromatic carbocycles. The molecule has 2 N–H and O–H groups in total. The molecule has 3 nitrogen and oxygen atoms in total. The van der Waals surface area contributed by atoms with Gasteiger partial charge in [0.15, 0.2) is 0 Å². The number of phenolic OH excluding ortho intramolecular Hbond substituents is 1. The third kappa shape index (κ3) is 2.81. The van der Waals surface area contributed by atoms with Crippen molar-refractivity contribution in [3.63, 3.8) is 0 Å². The van der Waals surface area contributed by atoms with Crippen molar-refractivity contribution in [3.05, 3.63) is 28.2 Å². The highest BCUT2D eigenvalue weighted by molar-refractivity contribution is 9.10. The number of halogens is 1. The van der Waals surface area contributed by atoms with Crippen molar-refractivity contribution in [1.29, 1.82) is 0 Å². The van der Waals surface area contributed by atoms with Crippen LogP contribution in [0.2, 0.25) is 0 Å². The zero-order valence-electron chi connectivity index (χ0n) is 11.1. The lowest BCUT2D eigenvalue weighted by molar-refractivity contribution is 0.0819. The summed E-state index contributed by atoms with van der Waals surface area (Å²) in [7, 11) is 0. The Morgan fingerprint density at radius 2 is 2.00 bits per heavy atom. The number of hydrogen-bond acceptors (Lipinski definition) is 3. The van der Waals surface area contributed by atoms with Crippen LogP contribution in [0, 0.1) is 5.92 Å². The largest absolute Gasteiger partial charge is 0.508 e. The van der Waals surface area contributed by atoms with E-state index in [2.05, 4.69) is 32.2 Å². The van der Waals surface area contributed by atoms with Gasteiger partial charge in [0.1, 0.15) is 5.75 Å². The highest BCUT2D eigenvalue weighted by Crippen LogP contribution is 2.44. The molecule has 0 unspecified atom stereocenters. The maximum Gasteiger partial charge on any atom is 0.121 e. The molecule has 1 atom stereocenters. The SMILES string of the molecule is Oc1cc(Br)ccc1[C@@H](C1CCC1)N1CCNCC1. The van der Waals surface area contributed by atoms with Crippen molar-refractivity contribution in [2.24, 2.45) is 5.92 Å². The first-order chi connectivity index (χ1) is 9.25. The van der Waals surface area contributed by atoms with E-state index in [1.807, 2.05) is 12.1 Å². The van der Waals surface area contributed by atoms with E-state index in [4.69, 9.17) is 0 Å². The maximum atomic E-state index is 10.3. The summed E-state index contributed by atoms with van der Waals surface area (Å²) >= 11 is 3.43. The molecular weight excluding hydrogens is 304 g/mol. The monoisotopic (exact) mass is 324 g/mol. The molecule has 0 bridgehead atoms. The van der Waals surface area contributed by atoms with Crippen molar-refractivity contribution in [2.75, 3.05) is 26.2 Å². The van der Waals surface area contributed by atoms with Crippen molar-refractivity contribution in [1.82, 2.24) is 10.2 Å². The first-order valence-corrected chi connectivity index (χ1v) is 7.98. The number of aromatic hydroxyl groups is 1. The second kappa shape index (κ2) is 5.81. The van der Waals surface area contributed by atoms with Gasteiger partial charge in [0.2, 0.25) is 0 Å². The molecule has 4 heteroatoms. The fraction of sp³-hybridized carbons (Fsp3) is 0.600. The predicted molar refractivity (Wildman–Crippen MR) is 80.3 cm³/mol. The standard InChI is InChI=1S/C15H21BrN2O/c16-12-4-5-13(14(19)10-12)15(11-2-1-3-11)18-8-6-17-7-9-18/h4-5,10-11,15,17,19H,1-3,6-9H2/t15-/m1/s1. The normalized spacial score (nSPS) is 23.0. The van der Waals surface area contributed by atoms with Crippen LogP contribution in [-0.2, 0) is 0 Å². The number of nitrogens with one attached hydrogen (secondary N) is 1. The predicted octanol–water partition coefficient (Wildman–Crippen LogP) is 2.90. The molecular formula is C15H21BrN2O.